The Balaban J connectivity index is 2.48. The van der Waals surface area contributed by atoms with E-state index >= 15 is 0 Å². The van der Waals surface area contributed by atoms with Crippen LogP contribution in [0.5, 0.6) is 0 Å². The second kappa shape index (κ2) is 4.96. The second-order valence-corrected chi connectivity index (χ2v) is 7.63. The lowest BCUT2D eigenvalue weighted by Crippen LogP contribution is -2.42. The molecule has 1 aliphatic rings. The fourth-order valence-electron chi connectivity index (χ4n) is 2.16. The summed E-state index contributed by atoms with van der Waals surface area (Å²) in [6.45, 7) is 8.74. The maximum Gasteiger partial charge on any atom is 0.0504 e. The van der Waals surface area contributed by atoms with Gasteiger partial charge in [0.25, 0.3) is 0 Å². The predicted octanol–water partition coefficient (Wildman–Crippen LogP) is 2.30. The average molecular weight is 231 g/mol. The van der Waals surface area contributed by atoms with E-state index in [1.54, 1.807) is 0 Å². The first-order valence-electron chi connectivity index (χ1n) is 5.97. The van der Waals surface area contributed by atoms with E-state index in [1.165, 1.54) is 0 Å². The molecule has 90 valence electrons. The van der Waals surface area contributed by atoms with Crippen molar-refractivity contribution in [1.82, 2.24) is 0 Å². The van der Waals surface area contributed by atoms with Crippen LogP contribution in [0, 0.1) is 11.3 Å². The zero-order chi connectivity index (χ0) is 11.6. The van der Waals surface area contributed by atoms with Crippen molar-refractivity contribution in [1.29, 1.82) is 0 Å². The molecule has 1 rings (SSSR count). The van der Waals surface area contributed by atoms with Crippen LogP contribution in [0.4, 0.5) is 0 Å². The summed E-state index contributed by atoms with van der Waals surface area (Å²) in [6.07, 6.45) is 3.21. The minimum absolute atomic E-state index is 0.116. The molecule has 0 spiro atoms. The molecule has 0 aromatic rings. The zero-order valence-corrected chi connectivity index (χ0v) is 11.3. The Morgan fingerprint density at radius 1 is 1.47 bits per heavy atom. The van der Waals surface area contributed by atoms with Gasteiger partial charge in [0, 0.05) is 22.6 Å². The Labute approximate surface area is 96.5 Å². The molecule has 0 heterocycles. The van der Waals surface area contributed by atoms with Gasteiger partial charge in [0.2, 0.25) is 0 Å². The van der Waals surface area contributed by atoms with Gasteiger partial charge in [-0.2, -0.15) is 0 Å². The molecule has 2 N–H and O–H groups in total. The highest BCUT2D eigenvalue weighted by atomic mass is 32.2. The van der Waals surface area contributed by atoms with E-state index in [9.17, 15) is 4.21 Å². The van der Waals surface area contributed by atoms with Crippen molar-refractivity contribution in [3.8, 4) is 0 Å². The van der Waals surface area contributed by atoms with Gasteiger partial charge in [-0.3, -0.25) is 4.21 Å². The van der Waals surface area contributed by atoms with E-state index in [-0.39, 0.29) is 16.7 Å². The van der Waals surface area contributed by atoms with Crippen LogP contribution in [0.15, 0.2) is 0 Å². The molecule has 1 saturated carbocycles. The van der Waals surface area contributed by atoms with E-state index in [0.717, 1.165) is 25.0 Å². The second-order valence-electron chi connectivity index (χ2n) is 5.86. The lowest BCUT2D eigenvalue weighted by molar-refractivity contribution is 0.333. The van der Waals surface area contributed by atoms with Crippen LogP contribution in [-0.4, -0.2) is 21.3 Å². The van der Waals surface area contributed by atoms with Crippen LogP contribution < -0.4 is 5.73 Å². The molecular formula is C12H25NOS. The van der Waals surface area contributed by atoms with Crippen molar-refractivity contribution < 1.29 is 4.21 Å². The molecule has 3 heteroatoms. The van der Waals surface area contributed by atoms with Gasteiger partial charge in [-0.15, -0.1) is 0 Å². The first-order chi connectivity index (χ1) is 6.84. The van der Waals surface area contributed by atoms with E-state index < -0.39 is 10.8 Å². The molecule has 0 aliphatic heterocycles. The highest BCUT2D eigenvalue weighted by Crippen LogP contribution is 2.38. The summed E-state index contributed by atoms with van der Waals surface area (Å²) in [7, 11) is -0.718. The van der Waals surface area contributed by atoms with E-state index in [1.807, 2.05) is 0 Å². The average Bonchev–Trinajstić information content (AvgIpc) is 2.39. The summed E-state index contributed by atoms with van der Waals surface area (Å²) in [6, 6.07) is 0.116. The number of rotatable bonds is 4. The monoisotopic (exact) mass is 231 g/mol. The molecule has 15 heavy (non-hydrogen) atoms. The molecule has 0 amide bonds. The smallest absolute Gasteiger partial charge is 0.0504 e. The summed E-state index contributed by atoms with van der Waals surface area (Å²) in [5.41, 5.74) is 6.35. The van der Waals surface area contributed by atoms with Gasteiger partial charge >= 0.3 is 0 Å². The SMILES string of the molecule is CC(C)CCS(=O)C1CCC(C)(C)C1N. The summed E-state index contributed by atoms with van der Waals surface area (Å²) in [4.78, 5) is 0. The molecule has 0 aromatic heterocycles. The standard InChI is InChI=1S/C12H25NOS/c1-9(2)6-8-15(14)10-5-7-12(3,4)11(10)13/h9-11H,5-8,13H2,1-4H3. The summed E-state index contributed by atoms with van der Waals surface area (Å²) < 4.78 is 12.1. The topological polar surface area (TPSA) is 43.1 Å². The van der Waals surface area contributed by atoms with Crippen molar-refractivity contribution in [2.75, 3.05) is 5.75 Å². The third-order valence-electron chi connectivity index (χ3n) is 3.61. The number of hydrogen-bond acceptors (Lipinski definition) is 2. The highest BCUT2D eigenvalue weighted by Gasteiger charge is 2.41. The molecule has 0 aromatic carbocycles. The Morgan fingerprint density at radius 3 is 2.47 bits per heavy atom. The van der Waals surface area contributed by atoms with Crippen LogP contribution in [0.2, 0.25) is 0 Å². The lowest BCUT2D eigenvalue weighted by Gasteiger charge is -2.26. The molecule has 1 aliphatic carbocycles. The predicted molar refractivity (Wildman–Crippen MR) is 67.2 cm³/mol. The van der Waals surface area contributed by atoms with Crippen molar-refractivity contribution >= 4 is 10.8 Å². The summed E-state index contributed by atoms with van der Waals surface area (Å²) in [5, 5.41) is 0.235. The van der Waals surface area contributed by atoms with Crippen molar-refractivity contribution in [2.45, 2.75) is 58.2 Å². The van der Waals surface area contributed by atoms with Crippen LogP contribution in [0.3, 0.4) is 0 Å². The fourth-order valence-corrected chi connectivity index (χ4v) is 4.24. The van der Waals surface area contributed by atoms with Gasteiger partial charge in [0.15, 0.2) is 0 Å². The molecule has 0 saturated heterocycles. The highest BCUT2D eigenvalue weighted by molar-refractivity contribution is 7.85. The molecule has 1 fully saturated rings. The van der Waals surface area contributed by atoms with Crippen LogP contribution in [0.25, 0.3) is 0 Å². The van der Waals surface area contributed by atoms with Gasteiger partial charge in [0.05, 0.1) is 5.25 Å². The summed E-state index contributed by atoms with van der Waals surface area (Å²) >= 11 is 0. The minimum Gasteiger partial charge on any atom is -0.326 e. The molecular weight excluding hydrogens is 206 g/mol. The van der Waals surface area contributed by atoms with E-state index in [2.05, 4.69) is 27.7 Å². The van der Waals surface area contributed by atoms with Gasteiger partial charge in [0.1, 0.15) is 0 Å². The maximum absolute atomic E-state index is 12.1. The first kappa shape index (κ1) is 13.2. The summed E-state index contributed by atoms with van der Waals surface area (Å²) in [5.74, 6) is 1.46. The maximum atomic E-state index is 12.1. The number of nitrogens with two attached hydrogens (primary N) is 1. The van der Waals surface area contributed by atoms with Gasteiger partial charge < -0.3 is 5.73 Å². The van der Waals surface area contributed by atoms with E-state index in [4.69, 9.17) is 5.73 Å². The van der Waals surface area contributed by atoms with Crippen LogP contribution in [-0.2, 0) is 10.8 Å². The first-order valence-corrected chi connectivity index (χ1v) is 7.35. The fraction of sp³-hybridized carbons (Fsp3) is 1.00. The number of hydrogen-bond donors (Lipinski definition) is 1. The van der Waals surface area contributed by atoms with Crippen LogP contribution in [0.1, 0.15) is 47.0 Å². The van der Waals surface area contributed by atoms with Crippen molar-refractivity contribution in [3.63, 3.8) is 0 Å². The molecule has 3 atom stereocenters. The van der Waals surface area contributed by atoms with Gasteiger partial charge in [-0.25, -0.2) is 0 Å². The third-order valence-corrected chi connectivity index (χ3v) is 5.45. The van der Waals surface area contributed by atoms with E-state index in [0.29, 0.717) is 5.92 Å². The quantitative estimate of drug-likeness (QED) is 0.807. The minimum atomic E-state index is -0.718. The Bertz CT molecular complexity index is 238. The largest absolute Gasteiger partial charge is 0.326 e. The Hall–Kier alpha value is 0.110. The van der Waals surface area contributed by atoms with Gasteiger partial charge in [-0.1, -0.05) is 27.7 Å². The molecule has 2 nitrogen and oxygen atoms in total. The molecule has 3 unspecified atom stereocenters. The zero-order valence-electron chi connectivity index (χ0n) is 10.5. The van der Waals surface area contributed by atoms with Crippen LogP contribution >= 0.6 is 0 Å². The Morgan fingerprint density at radius 2 is 2.07 bits per heavy atom. The van der Waals surface area contributed by atoms with Crippen molar-refractivity contribution in [3.05, 3.63) is 0 Å². The normalized spacial score (nSPS) is 32.1. The molecule has 0 bridgehead atoms. The molecule has 0 radical (unpaired) electrons. The Kier molecular flexibility index (Phi) is 4.36. The van der Waals surface area contributed by atoms with Crippen molar-refractivity contribution in [2.24, 2.45) is 17.1 Å². The lowest BCUT2D eigenvalue weighted by atomic mass is 9.88. The third kappa shape index (κ3) is 3.28. The van der Waals surface area contributed by atoms with Gasteiger partial charge in [-0.05, 0) is 30.6 Å².